The van der Waals surface area contributed by atoms with E-state index in [0.29, 0.717) is 34.7 Å². The van der Waals surface area contributed by atoms with Gasteiger partial charge >= 0.3 is 5.97 Å². The minimum Gasteiger partial charge on any atom is -0.469 e. The first kappa shape index (κ1) is 25.7. The second-order valence-corrected chi connectivity index (χ2v) is 9.75. The lowest BCUT2D eigenvalue weighted by Crippen LogP contribution is -2.47. The fourth-order valence-corrected chi connectivity index (χ4v) is 5.20. The van der Waals surface area contributed by atoms with E-state index in [2.05, 4.69) is 15.6 Å². The van der Waals surface area contributed by atoms with Crippen LogP contribution < -0.4 is 16.2 Å². The number of aliphatic hydroxyl groups excluding tert-OH is 1. The van der Waals surface area contributed by atoms with E-state index in [1.54, 1.807) is 60.9 Å². The molecule has 196 valence electrons. The summed E-state index contributed by atoms with van der Waals surface area (Å²) in [4.78, 5) is 40.6. The van der Waals surface area contributed by atoms with Crippen LogP contribution >= 0.6 is 11.6 Å². The van der Waals surface area contributed by atoms with Crippen LogP contribution in [0.25, 0.3) is 16.6 Å². The normalized spacial score (nSPS) is 19.8. The van der Waals surface area contributed by atoms with Gasteiger partial charge < -0.3 is 20.1 Å². The van der Waals surface area contributed by atoms with Crippen molar-refractivity contribution in [2.24, 2.45) is 5.92 Å². The van der Waals surface area contributed by atoms with Crippen LogP contribution in [0.15, 0.2) is 77.9 Å². The first-order valence-corrected chi connectivity index (χ1v) is 12.6. The van der Waals surface area contributed by atoms with Crippen LogP contribution in [0.3, 0.4) is 0 Å². The Morgan fingerprint density at radius 3 is 2.61 bits per heavy atom. The number of fused-ring (bicyclic) bond motifs is 1. The zero-order valence-corrected chi connectivity index (χ0v) is 21.3. The number of aromatic nitrogens is 2. The van der Waals surface area contributed by atoms with Gasteiger partial charge in [0.05, 0.1) is 18.1 Å². The van der Waals surface area contributed by atoms with Gasteiger partial charge in [-0.1, -0.05) is 29.8 Å². The molecule has 4 atom stereocenters. The Labute approximate surface area is 223 Å². The van der Waals surface area contributed by atoms with Gasteiger partial charge in [-0.25, -0.2) is 0 Å². The number of pyridine rings is 1. The number of aliphatic hydroxyl groups is 1. The van der Waals surface area contributed by atoms with Gasteiger partial charge in [-0.2, -0.15) is 0 Å². The minimum absolute atomic E-state index is 0.171. The molecule has 0 saturated heterocycles. The fourth-order valence-electron chi connectivity index (χ4n) is 4.98. The van der Waals surface area contributed by atoms with Crippen molar-refractivity contribution in [3.05, 3.63) is 99.6 Å². The highest BCUT2D eigenvalue weighted by atomic mass is 35.5. The van der Waals surface area contributed by atoms with Crippen molar-refractivity contribution in [1.29, 1.82) is 0 Å². The number of ether oxygens (including phenoxy) is 1. The number of H-pyrrole nitrogens is 1. The van der Waals surface area contributed by atoms with E-state index >= 15 is 0 Å². The molecule has 1 fully saturated rings. The molecule has 2 aromatic heterocycles. The number of benzene rings is 2. The van der Waals surface area contributed by atoms with Crippen molar-refractivity contribution in [2.45, 2.75) is 31.2 Å². The summed E-state index contributed by atoms with van der Waals surface area (Å²) in [6.07, 6.45) is 3.06. The van der Waals surface area contributed by atoms with Crippen LogP contribution in [0.5, 0.6) is 0 Å². The number of nitrogens with one attached hydrogen (secondary N) is 3. The zero-order chi connectivity index (χ0) is 26.8. The molecule has 2 aromatic carbocycles. The average molecular weight is 535 g/mol. The third-order valence-corrected chi connectivity index (χ3v) is 7.30. The van der Waals surface area contributed by atoms with Crippen LogP contribution in [-0.4, -0.2) is 45.7 Å². The Hall–Kier alpha value is -3.92. The Morgan fingerprint density at radius 2 is 1.87 bits per heavy atom. The number of carbonyl (C=O) groups is 2. The van der Waals surface area contributed by atoms with Crippen LogP contribution in [-0.2, 0) is 9.53 Å². The van der Waals surface area contributed by atoms with E-state index < -0.39 is 18.2 Å². The van der Waals surface area contributed by atoms with Gasteiger partial charge in [0.2, 0.25) is 0 Å². The fraction of sp³-hybridized carbons (Fsp3) is 0.250. The van der Waals surface area contributed by atoms with Crippen LogP contribution in [0.2, 0.25) is 5.02 Å². The number of nitrogens with zero attached hydrogens (tertiary/aromatic N) is 1. The summed E-state index contributed by atoms with van der Waals surface area (Å²) < 4.78 is 6.42. The van der Waals surface area contributed by atoms with E-state index in [0.717, 1.165) is 10.9 Å². The molecule has 5 rings (SSSR count). The van der Waals surface area contributed by atoms with Crippen molar-refractivity contribution in [1.82, 2.24) is 20.2 Å². The van der Waals surface area contributed by atoms with Crippen LogP contribution in [0, 0.1) is 5.92 Å². The Balaban J connectivity index is 1.31. The van der Waals surface area contributed by atoms with Gasteiger partial charge in [0.25, 0.3) is 11.5 Å². The lowest BCUT2D eigenvalue weighted by Gasteiger charge is -2.25. The van der Waals surface area contributed by atoms with Gasteiger partial charge in [0.1, 0.15) is 6.23 Å². The molecule has 0 radical (unpaired) electrons. The summed E-state index contributed by atoms with van der Waals surface area (Å²) >= 11 is 6.16. The molecule has 1 aliphatic rings. The molecule has 0 bridgehead atoms. The van der Waals surface area contributed by atoms with Crippen molar-refractivity contribution >= 4 is 34.4 Å². The lowest BCUT2D eigenvalue weighted by atomic mass is 10.1. The predicted octanol–water partition coefficient (Wildman–Crippen LogP) is 3.30. The number of methoxy groups -OCH3 is 1. The van der Waals surface area contributed by atoms with E-state index in [1.165, 1.54) is 17.7 Å². The topological polar surface area (TPSA) is 125 Å². The SMILES string of the molecule is COC(=O)[C@@H]1CC(NC(O)c2ccc3c(Cl)c[nH]c3c2)[C@@H](NC(=O)c2ccc(-n3ccccc3=O)cc2)C1. The largest absolute Gasteiger partial charge is 0.469 e. The molecule has 2 heterocycles. The highest BCUT2D eigenvalue weighted by Crippen LogP contribution is 2.30. The van der Waals surface area contributed by atoms with Gasteiger partial charge in [-0.05, 0) is 54.8 Å². The molecular weight excluding hydrogens is 508 g/mol. The van der Waals surface area contributed by atoms with E-state index in [-0.39, 0.29) is 23.5 Å². The maximum atomic E-state index is 13.1. The van der Waals surface area contributed by atoms with E-state index in [9.17, 15) is 19.5 Å². The molecule has 2 unspecified atom stereocenters. The third kappa shape index (κ3) is 5.22. The maximum absolute atomic E-state index is 13.1. The van der Waals surface area contributed by atoms with Crippen LogP contribution in [0.4, 0.5) is 0 Å². The van der Waals surface area contributed by atoms with Gasteiger partial charge in [0, 0.05) is 52.7 Å². The lowest BCUT2D eigenvalue weighted by molar-refractivity contribution is -0.145. The third-order valence-electron chi connectivity index (χ3n) is 6.99. The number of amides is 1. The molecule has 10 heteroatoms. The minimum atomic E-state index is -1.04. The van der Waals surface area contributed by atoms with Gasteiger partial charge in [0.15, 0.2) is 0 Å². The van der Waals surface area contributed by atoms with E-state index in [1.807, 2.05) is 6.07 Å². The molecule has 9 nitrogen and oxygen atoms in total. The number of hydrogen-bond acceptors (Lipinski definition) is 6. The number of carbonyl (C=O) groups excluding carboxylic acids is 2. The smallest absolute Gasteiger partial charge is 0.308 e. The Morgan fingerprint density at radius 1 is 1.11 bits per heavy atom. The number of hydrogen-bond donors (Lipinski definition) is 4. The monoisotopic (exact) mass is 534 g/mol. The highest BCUT2D eigenvalue weighted by molar-refractivity contribution is 6.35. The van der Waals surface area contributed by atoms with Crippen molar-refractivity contribution in [3.63, 3.8) is 0 Å². The molecule has 1 saturated carbocycles. The molecular formula is C28H27ClN4O5. The molecule has 1 amide bonds. The quantitative estimate of drug-likeness (QED) is 0.213. The first-order valence-electron chi connectivity index (χ1n) is 12.2. The second-order valence-electron chi connectivity index (χ2n) is 9.34. The highest BCUT2D eigenvalue weighted by Gasteiger charge is 2.40. The summed E-state index contributed by atoms with van der Waals surface area (Å²) in [5, 5.41) is 18.6. The Kier molecular flexibility index (Phi) is 7.33. The second kappa shape index (κ2) is 10.8. The Bertz CT molecular complexity index is 1530. The van der Waals surface area contributed by atoms with Crippen molar-refractivity contribution < 1.29 is 19.4 Å². The number of aromatic amines is 1. The first-order chi connectivity index (χ1) is 18.3. The van der Waals surface area contributed by atoms with Crippen LogP contribution in [0.1, 0.15) is 35.0 Å². The summed E-state index contributed by atoms with van der Waals surface area (Å²) in [5.74, 6) is -1.11. The standard InChI is InChI=1S/C28H27ClN4O5/c1-38-28(37)18-13-23(24(14-18)32-27(36)17-7-10-20-21(29)15-30-22(20)12-17)31-26(35)16-5-8-19(9-6-16)33-11-3-2-4-25(33)34/h2-12,15,18,23-24,27,30,32,36H,13-14H2,1H3,(H,31,35)/t18-,23-,24?,27?/m0/s1. The molecule has 4 N–H and O–H groups in total. The zero-order valence-electron chi connectivity index (χ0n) is 20.6. The van der Waals surface area contributed by atoms with Crippen molar-refractivity contribution in [3.8, 4) is 5.69 Å². The maximum Gasteiger partial charge on any atom is 0.308 e. The number of esters is 1. The molecule has 38 heavy (non-hydrogen) atoms. The average Bonchev–Trinajstić information content (AvgIpc) is 3.51. The molecule has 4 aromatic rings. The summed E-state index contributed by atoms with van der Waals surface area (Å²) in [5.41, 5.74) is 2.29. The molecule has 1 aliphatic carbocycles. The molecule has 0 aliphatic heterocycles. The van der Waals surface area contributed by atoms with Crippen molar-refractivity contribution in [2.75, 3.05) is 7.11 Å². The van der Waals surface area contributed by atoms with Gasteiger partial charge in [-0.15, -0.1) is 0 Å². The molecule has 0 spiro atoms. The summed E-state index contributed by atoms with van der Waals surface area (Å²) in [6.45, 7) is 0. The van der Waals surface area contributed by atoms with E-state index in [4.69, 9.17) is 16.3 Å². The number of halogens is 1. The number of rotatable bonds is 7. The predicted molar refractivity (Wildman–Crippen MR) is 143 cm³/mol. The summed E-state index contributed by atoms with van der Waals surface area (Å²) in [6, 6.07) is 16.2. The van der Waals surface area contributed by atoms with Gasteiger partial charge in [-0.3, -0.25) is 24.3 Å². The summed E-state index contributed by atoms with van der Waals surface area (Å²) in [7, 11) is 1.34.